The number of amides is 1. The van der Waals surface area contributed by atoms with Crippen molar-refractivity contribution in [1.82, 2.24) is 5.32 Å². The van der Waals surface area contributed by atoms with Crippen LogP contribution in [-0.4, -0.2) is 24.0 Å². The van der Waals surface area contributed by atoms with E-state index in [0.717, 1.165) is 31.2 Å². The molecular weight excluding hydrogens is 254 g/mol. The Hall–Kier alpha value is -1.84. The van der Waals surface area contributed by atoms with Gasteiger partial charge in [0.05, 0.1) is 5.56 Å². The summed E-state index contributed by atoms with van der Waals surface area (Å²) in [6.07, 6.45) is 5.43. The minimum absolute atomic E-state index is 0.153. The maximum atomic E-state index is 12.2. The predicted octanol–water partition coefficient (Wildman–Crippen LogP) is 2.22. The van der Waals surface area contributed by atoms with Crippen LogP contribution in [0.2, 0.25) is 0 Å². The van der Waals surface area contributed by atoms with E-state index in [1.165, 1.54) is 6.42 Å². The van der Waals surface area contributed by atoms with Gasteiger partial charge in [0.15, 0.2) is 6.10 Å². The molecule has 0 radical (unpaired) electrons. The van der Waals surface area contributed by atoms with Gasteiger partial charge in [0.25, 0.3) is 5.91 Å². The van der Waals surface area contributed by atoms with Crippen LogP contribution in [0.3, 0.4) is 0 Å². The summed E-state index contributed by atoms with van der Waals surface area (Å²) in [7, 11) is 0. The number of hydrogen-bond acceptors (Lipinski definition) is 3. The van der Waals surface area contributed by atoms with Gasteiger partial charge in [0.2, 0.25) is 0 Å². The molecule has 1 aliphatic carbocycles. The van der Waals surface area contributed by atoms with Crippen LogP contribution in [0.4, 0.5) is 0 Å². The Morgan fingerprint density at radius 1 is 1.15 bits per heavy atom. The highest BCUT2D eigenvalue weighted by Gasteiger charge is 2.32. The van der Waals surface area contributed by atoms with Crippen molar-refractivity contribution in [2.75, 3.05) is 0 Å². The predicted molar refractivity (Wildman–Crippen MR) is 74.4 cm³/mol. The molecule has 3 rings (SSSR count). The van der Waals surface area contributed by atoms with Gasteiger partial charge in [-0.15, -0.1) is 0 Å². The van der Waals surface area contributed by atoms with Crippen LogP contribution in [0, 0.1) is 0 Å². The molecule has 1 amide bonds. The summed E-state index contributed by atoms with van der Waals surface area (Å²) >= 11 is 0. The molecule has 20 heavy (non-hydrogen) atoms. The van der Waals surface area contributed by atoms with Gasteiger partial charge in [-0.05, 0) is 24.5 Å². The first-order chi connectivity index (χ1) is 9.74. The fraction of sp³-hybridized carbons (Fsp3) is 0.500. The minimum atomic E-state index is -0.681. The van der Waals surface area contributed by atoms with Gasteiger partial charge in [0, 0.05) is 12.5 Å². The lowest BCUT2D eigenvalue weighted by Gasteiger charge is -2.28. The van der Waals surface area contributed by atoms with Crippen molar-refractivity contribution < 1.29 is 14.3 Å². The van der Waals surface area contributed by atoms with E-state index in [0.29, 0.717) is 12.0 Å². The largest absolute Gasteiger partial charge is 0.448 e. The van der Waals surface area contributed by atoms with E-state index < -0.39 is 12.1 Å². The van der Waals surface area contributed by atoms with E-state index >= 15 is 0 Å². The monoisotopic (exact) mass is 273 g/mol. The van der Waals surface area contributed by atoms with E-state index in [2.05, 4.69) is 5.32 Å². The molecular formula is C16H19NO3. The number of benzene rings is 1. The van der Waals surface area contributed by atoms with Crippen molar-refractivity contribution in [2.45, 2.75) is 50.7 Å². The molecule has 0 bridgehead atoms. The second kappa shape index (κ2) is 5.65. The van der Waals surface area contributed by atoms with Gasteiger partial charge in [-0.1, -0.05) is 37.5 Å². The van der Waals surface area contributed by atoms with E-state index in [4.69, 9.17) is 4.74 Å². The normalized spacial score (nSPS) is 22.8. The summed E-state index contributed by atoms with van der Waals surface area (Å²) < 4.78 is 5.27. The first-order valence-electron chi connectivity index (χ1n) is 7.33. The highest BCUT2D eigenvalue weighted by atomic mass is 16.5. The average Bonchev–Trinajstić information content (AvgIpc) is 2.48. The molecule has 0 saturated heterocycles. The number of carbonyl (C=O) groups excluding carboxylic acids is 2. The molecule has 4 nitrogen and oxygen atoms in total. The average molecular weight is 273 g/mol. The summed E-state index contributed by atoms with van der Waals surface area (Å²) in [4.78, 5) is 24.1. The summed E-state index contributed by atoms with van der Waals surface area (Å²) in [5.74, 6) is -0.546. The molecule has 1 aromatic rings. The smallest absolute Gasteiger partial charge is 0.339 e. The third-order valence-electron chi connectivity index (χ3n) is 4.14. The quantitative estimate of drug-likeness (QED) is 0.841. The van der Waals surface area contributed by atoms with Crippen molar-refractivity contribution in [3.8, 4) is 0 Å². The lowest BCUT2D eigenvalue weighted by Crippen LogP contribution is -2.46. The van der Waals surface area contributed by atoms with Crippen molar-refractivity contribution >= 4 is 11.9 Å². The van der Waals surface area contributed by atoms with E-state index in [1.807, 2.05) is 18.2 Å². The lowest BCUT2D eigenvalue weighted by molar-refractivity contribution is -0.131. The Kier molecular flexibility index (Phi) is 3.72. The molecule has 4 heteroatoms. The highest BCUT2D eigenvalue weighted by Crippen LogP contribution is 2.22. The Labute approximate surface area is 118 Å². The second-order valence-corrected chi connectivity index (χ2v) is 5.60. The molecule has 1 atom stereocenters. The standard InChI is InChI=1S/C16H19NO3/c18-15(17-12-7-2-1-3-8-12)14-10-11-6-4-5-9-13(11)16(19)20-14/h4-6,9,12,14H,1-3,7-8,10H2,(H,17,18)/t14-/m1/s1. The van der Waals surface area contributed by atoms with Crippen LogP contribution >= 0.6 is 0 Å². The first kappa shape index (κ1) is 13.2. The lowest BCUT2D eigenvalue weighted by atomic mass is 9.94. The van der Waals surface area contributed by atoms with Crippen LogP contribution in [0.5, 0.6) is 0 Å². The zero-order valence-electron chi connectivity index (χ0n) is 11.4. The van der Waals surface area contributed by atoms with Crippen molar-refractivity contribution in [1.29, 1.82) is 0 Å². The molecule has 1 saturated carbocycles. The number of fused-ring (bicyclic) bond motifs is 1. The number of ether oxygens (including phenoxy) is 1. The van der Waals surface area contributed by atoms with Crippen LogP contribution < -0.4 is 5.32 Å². The van der Waals surface area contributed by atoms with Gasteiger partial charge in [-0.2, -0.15) is 0 Å². The fourth-order valence-corrected chi connectivity index (χ4v) is 3.02. The first-order valence-corrected chi connectivity index (χ1v) is 7.33. The van der Waals surface area contributed by atoms with Gasteiger partial charge in [0.1, 0.15) is 0 Å². The summed E-state index contributed by atoms with van der Waals surface area (Å²) in [6, 6.07) is 7.56. The molecule has 1 aromatic carbocycles. The zero-order chi connectivity index (χ0) is 13.9. The fourth-order valence-electron chi connectivity index (χ4n) is 3.02. The SMILES string of the molecule is O=C1O[C@@H](C(=O)NC2CCCCC2)Cc2ccccc21. The van der Waals surface area contributed by atoms with E-state index in [9.17, 15) is 9.59 Å². The number of cyclic esters (lactones) is 1. The molecule has 2 aliphatic rings. The number of esters is 1. The maximum absolute atomic E-state index is 12.2. The van der Waals surface area contributed by atoms with Gasteiger partial charge < -0.3 is 10.1 Å². The maximum Gasteiger partial charge on any atom is 0.339 e. The summed E-state index contributed by atoms with van der Waals surface area (Å²) in [5.41, 5.74) is 1.47. The third kappa shape index (κ3) is 2.69. The molecule has 106 valence electrons. The minimum Gasteiger partial charge on any atom is -0.448 e. The Bertz CT molecular complexity index is 520. The Morgan fingerprint density at radius 2 is 1.90 bits per heavy atom. The van der Waals surface area contributed by atoms with Crippen LogP contribution in [0.15, 0.2) is 24.3 Å². The third-order valence-corrected chi connectivity index (χ3v) is 4.14. The van der Waals surface area contributed by atoms with Crippen molar-refractivity contribution in [3.05, 3.63) is 35.4 Å². The Balaban J connectivity index is 1.66. The number of carbonyl (C=O) groups is 2. The van der Waals surface area contributed by atoms with Crippen LogP contribution in [-0.2, 0) is 16.0 Å². The molecule has 0 spiro atoms. The second-order valence-electron chi connectivity index (χ2n) is 5.60. The van der Waals surface area contributed by atoms with Crippen LogP contribution in [0.25, 0.3) is 0 Å². The number of rotatable bonds is 2. The van der Waals surface area contributed by atoms with Gasteiger partial charge in [-0.25, -0.2) is 4.79 Å². The highest BCUT2D eigenvalue weighted by molar-refractivity contribution is 5.95. The van der Waals surface area contributed by atoms with E-state index in [1.54, 1.807) is 6.07 Å². The molecule has 1 aliphatic heterocycles. The van der Waals surface area contributed by atoms with Crippen molar-refractivity contribution in [3.63, 3.8) is 0 Å². The Morgan fingerprint density at radius 3 is 2.70 bits per heavy atom. The molecule has 0 aromatic heterocycles. The van der Waals surface area contributed by atoms with E-state index in [-0.39, 0.29) is 11.9 Å². The molecule has 0 unspecified atom stereocenters. The van der Waals surface area contributed by atoms with Gasteiger partial charge in [-0.3, -0.25) is 4.79 Å². The van der Waals surface area contributed by atoms with Crippen LogP contribution in [0.1, 0.15) is 48.0 Å². The summed E-state index contributed by atoms with van der Waals surface area (Å²) in [6.45, 7) is 0. The molecule has 1 heterocycles. The summed E-state index contributed by atoms with van der Waals surface area (Å²) in [5, 5.41) is 3.02. The molecule has 1 fully saturated rings. The number of hydrogen-bond donors (Lipinski definition) is 1. The number of nitrogens with one attached hydrogen (secondary N) is 1. The molecule has 1 N–H and O–H groups in total. The topological polar surface area (TPSA) is 55.4 Å². The zero-order valence-corrected chi connectivity index (χ0v) is 11.4. The van der Waals surface area contributed by atoms with Gasteiger partial charge >= 0.3 is 5.97 Å². The van der Waals surface area contributed by atoms with Crippen molar-refractivity contribution in [2.24, 2.45) is 0 Å².